The van der Waals surface area contributed by atoms with Crippen molar-refractivity contribution >= 4 is 29.1 Å². The zero-order valence-electron chi connectivity index (χ0n) is 22.6. The molecule has 2 amide bonds. The van der Waals surface area contributed by atoms with Gasteiger partial charge in [-0.1, -0.05) is 29.4 Å². The largest absolute Gasteiger partial charge is 0.490 e. The standard InChI is InChI=1S/C25H29N5O4S.C2HF3O2/c1-15-23(35-14-28-15)18-4-2-16(3-5-18)11-27-24(32)21-10-19(31)12-30(21)25(33)20-13-34-29-22(20)17-6-8-26-9-7-17;3-2(4,5)1(6)7/h2-5,13-14,17,19,21,26,31H,6-12H2,1H3,(H,27,32);(H,6,7)/t19-,21+;/m1./s1. The van der Waals surface area contributed by atoms with Crippen LogP contribution in [-0.2, 0) is 16.1 Å². The van der Waals surface area contributed by atoms with E-state index in [1.165, 1.54) is 11.2 Å². The number of likely N-dealkylation sites (tertiary alicyclic amines) is 1. The zero-order chi connectivity index (χ0) is 30.4. The van der Waals surface area contributed by atoms with E-state index in [0.29, 0.717) is 17.8 Å². The van der Waals surface area contributed by atoms with Crippen LogP contribution in [0.5, 0.6) is 0 Å². The van der Waals surface area contributed by atoms with Gasteiger partial charge in [-0.3, -0.25) is 9.59 Å². The Morgan fingerprint density at radius 1 is 1.19 bits per heavy atom. The summed E-state index contributed by atoms with van der Waals surface area (Å²) in [6, 6.07) is 7.25. The van der Waals surface area contributed by atoms with E-state index in [1.54, 1.807) is 11.3 Å². The molecule has 4 N–H and O–H groups in total. The van der Waals surface area contributed by atoms with Crippen molar-refractivity contribution in [2.45, 2.75) is 57.0 Å². The van der Waals surface area contributed by atoms with Crippen molar-refractivity contribution in [1.82, 2.24) is 25.7 Å². The minimum atomic E-state index is -5.08. The lowest BCUT2D eigenvalue weighted by Crippen LogP contribution is -2.46. The number of carboxylic acids is 1. The summed E-state index contributed by atoms with van der Waals surface area (Å²) in [6.07, 6.45) is -2.51. The van der Waals surface area contributed by atoms with Gasteiger partial charge < -0.3 is 30.3 Å². The molecule has 0 unspecified atom stereocenters. The van der Waals surface area contributed by atoms with Gasteiger partial charge in [0.25, 0.3) is 5.91 Å². The van der Waals surface area contributed by atoms with Crippen molar-refractivity contribution < 1.29 is 42.3 Å². The van der Waals surface area contributed by atoms with Gasteiger partial charge in [-0.05, 0) is 44.0 Å². The van der Waals surface area contributed by atoms with E-state index in [4.69, 9.17) is 14.4 Å². The van der Waals surface area contributed by atoms with Gasteiger partial charge in [0.15, 0.2) is 0 Å². The molecule has 3 aromatic rings. The number of rotatable bonds is 6. The number of aromatic nitrogens is 2. The van der Waals surface area contributed by atoms with E-state index in [1.807, 2.05) is 36.7 Å². The number of aryl methyl sites for hydroxylation is 1. The number of carboxylic acid groups (broad SMARTS) is 1. The summed E-state index contributed by atoms with van der Waals surface area (Å²) in [4.78, 5) is 42.2. The van der Waals surface area contributed by atoms with Crippen LogP contribution >= 0.6 is 11.3 Å². The summed E-state index contributed by atoms with van der Waals surface area (Å²) in [6.45, 7) is 4.16. The van der Waals surface area contributed by atoms with E-state index in [-0.39, 0.29) is 30.7 Å². The number of benzene rings is 1. The lowest BCUT2D eigenvalue weighted by molar-refractivity contribution is -0.192. The smallest absolute Gasteiger partial charge is 0.475 e. The number of alkyl halides is 3. The quantitative estimate of drug-likeness (QED) is 0.330. The Morgan fingerprint density at radius 2 is 1.86 bits per heavy atom. The Balaban J connectivity index is 0.000000517. The molecule has 11 nitrogen and oxygen atoms in total. The lowest BCUT2D eigenvalue weighted by Gasteiger charge is -2.25. The summed E-state index contributed by atoms with van der Waals surface area (Å²) in [5.74, 6) is -3.21. The highest BCUT2D eigenvalue weighted by molar-refractivity contribution is 7.13. The number of amides is 2. The molecule has 4 heterocycles. The Morgan fingerprint density at radius 3 is 2.45 bits per heavy atom. The van der Waals surface area contributed by atoms with Crippen molar-refractivity contribution in [3.8, 4) is 10.4 Å². The number of carbonyl (C=O) groups excluding carboxylic acids is 2. The van der Waals surface area contributed by atoms with Crippen molar-refractivity contribution in [3.05, 3.63) is 58.6 Å². The number of nitrogens with zero attached hydrogens (tertiary/aromatic N) is 3. The number of hydrogen-bond acceptors (Lipinski definition) is 9. The summed E-state index contributed by atoms with van der Waals surface area (Å²) >= 11 is 1.60. The van der Waals surface area contributed by atoms with Gasteiger partial charge in [-0.25, -0.2) is 9.78 Å². The second-order valence-corrected chi connectivity index (χ2v) is 10.8. The van der Waals surface area contributed by atoms with Gasteiger partial charge >= 0.3 is 12.1 Å². The van der Waals surface area contributed by atoms with Crippen LogP contribution in [0.3, 0.4) is 0 Å². The van der Waals surface area contributed by atoms with Crippen molar-refractivity contribution in [2.24, 2.45) is 0 Å². The average molecular weight is 610 g/mol. The summed E-state index contributed by atoms with van der Waals surface area (Å²) in [7, 11) is 0. The van der Waals surface area contributed by atoms with Crippen LogP contribution in [0.4, 0.5) is 13.2 Å². The third-order valence-electron chi connectivity index (χ3n) is 7.07. The van der Waals surface area contributed by atoms with Crippen molar-refractivity contribution in [2.75, 3.05) is 19.6 Å². The summed E-state index contributed by atoms with van der Waals surface area (Å²) in [5.41, 5.74) is 5.90. The number of nitrogens with one attached hydrogen (secondary N) is 2. The molecular weight excluding hydrogens is 579 g/mol. The minimum Gasteiger partial charge on any atom is -0.475 e. The number of halogens is 3. The molecule has 0 saturated carbocycles. The Hall–Kier alpha value is -3.82. The summed E-state index contributed by atoms with van der Waals surface area (Å²) < 4.78 is 36.9. The third kappa shape index (κ3) is 7.52. The number of carbonyl (C=O) groups is 3. The van der Waals surface area contributed by atoms with E-state index in [0.717, 1.165) is 47.6 Å². The van der Waals surface area contributed by atoms with E-state index in [2.05, 4.69) is 20.8 Å². The van der Waals surface area contributed by atoms with Gasteiger partial charge in [0.2, 0.25) is 5.91 Å². The number of thiazole rings is 1. The first-order valence-electron chi connectivity index (χ1n) is 13.2. The maximum absolute atomic E-state index is 13.4. The second kappa shape index (κ2) is 13.4. The van der Waals surface area contributed by atoms with Crippen LogP contribution in [0.2, 0.25) is 0 Å². The van der Waals surface area contributed by atoms with Gasteiger partial charge in [-0.2, -0.15) is 13.2 Å². The molecule has 2 aromatic heterocycles. The van der Waals surface area contributed by atoms with Gasteiger partial charge in [0, 0.05) is 25.4 Å². The summed E-state index contributed by atoms with van der Waals surface area (Å²) in [5, 5.41) is 27.8. The van der Waals surface area contributed by atoms with E-state index < -0.39 is 24.3 Å². The van der Waals surface area contributed by atoms with Crippen LogP contribution in [-0.4, -0.2) is 81.0 Å². The SMILES string of the molecule is Cc1ncsc1-c1ccc(CNC(=O)[C@@H]2C[C@@H](O)CN2C(=O)c2conc2C2CCNCC2)cc1.O=C(O)C(F)(F)F. The fraction of sp³-hybridized carbons (Fsp3) is 0.444. The molecule has 1 aromatic carbocycles. The Kier molecular flexibility index (Phi) is 9.96. The second-order valence-electron chi connectivity index (χ2n) is 9.99. The number of piperidine rings is 1. The molecule has 226 valence electrons. The Bertz CT molecular complexity index is 1390. The normalized spacial score (nSPS) is 19.2. The van der Waals surface area contributed by atoms with E-state index >= 15 is 0 Å². The maximum Gasteiger partial charge on any atom is 0.490 e. The first kappa shape index (κ1) is 31.1. The predicted molar refractivity (Wildman–Crippen MR) is 145 cm³/mol. The number of β-amino-alcohol motifs (C(OH)–C–C–N with tert-alkyl or cyclic N) is 1. The third-order valence-corrected chi connectivity index (χ3v) is 8.04. The van der Waals surface area contributed by atoms with Crippen molar-refractivity contribution in [3.63, 3.8) is 0 Å². The number of hydrogen-bond donors (Lipinski definition) is 4. The highest BCUT2D eigenvalue weighted by atomic mass is 32.1. The Labute approximate surface area is 242 Å². The number of aliphatic hydroxyl groups is 1. The molecule has 42 heavy (non-hydrogen) atoms. The topological polar surface area (TPSA) is 158 Å². The van der Waals surface area contributed by atoms with Gasteiger partial charge in [0.05, 0.1) is 27.9 Å². The van der Waals surface area contributed by atoms with Crippen LogP contribution < -0.4 is 10.6 Å². The fourth-order valence-corrected chi connectivity index (χ4v) is 5.71. The van der Waals surface area contributed by atoms with E-state index in [9.17, 15) is 27.9 Å². The molecule has 2 atom stereocenters. The molecule has 0 spiro atoms. The molecule has 2 saturated heterocycles. The van der Waals surface area contributed by atoms with Gasteiger partial charge in [-0.15, -0.1) is 11.3 Å². The van der Waals surface area contributed by atoms with Crippen molar-refractivity contribution in [1.29, 1.82) is 0 Å². The highest BCUT2D eigenvalue weighted by Gasteiger charge is 2.41. The fourth-order valence-electron chi connectivity index (χ4n) is 4.90. The van der Waals surface area contributed by atoms with Crippen LogP contribution in [0, 0.1) is 6.92 Å². The maximum atomic E-state index is 13.4. The first-order valence-corrected chi connectivity index (χ1v) is 14.0. The molecule has 2 fully saturated rings. The van der Waals surface area contributed by atoms with Crippen LogP contribution in [0.15, 0.2) is 40.6 Å². The molecule has 0 bridgehead atoms. The molecule has 5 rings (SSSR count). The molecule has 0 radical (unpaired) electrons. The first-order chi connectivity index (χ1) is 20.0. The van der Waals surface area contributed by atoms with Crippen LogP contribution in [0.1, 0.15) is 52.5 Å². The molecular formula is C27H30F3N5O6S. The number of aliphatic carboxylic acids is 1. The molecule has 2 aliphatic rings. The predicted octanol–water partition coefficient (Wildman–Crippen LogP) is 3.10. The highest BCUT2D eigenvalue weighted by Crippen LogP contribution is 2.30. The molecule has 2 aliphatic heterocycles. The minimum absolute atomic E-state index is 0.108. The zero-order valence-corrected chi connectivity index (χ0v) is 23.4. The average Bonchev–Trinajstić information content (AvgIpc) is 3.72. The monoisotopic (exact) mass is 609 g/mol. The van der Waals surface area contributed by atoms with Crippen LogP contribution in [0.25, 0.3) is 10.4 Å². The molecule has 15 heteroatoms. The molecule has 0 aliphatic carbocycles. The number of aliphatic hydroxyl groups excluding tert-OH is 1. The lowest BCUT2D eigenvalue weighted by atomic mass is 9.92. The van der Waals surface area contributed by atoms with Gasteiger partial charge in [0.1, 0.15) is 17.9 Å².